The molecule has 3 aliphatic rings. The Bertz CT molecular complexity index is 1180. The summed E-state index contributed by atoms with van der Waals surface area (Å²) in [4.78, 5) is 7.57. The van der Waals surface area contributed by atoms with Gasteiger partial charge in [-0.3, -0.25) is 4.90 Å². The van der Waals surface area contributed by atoms with Gasteiger partial charge in [0.25, 0.3) is 0 Å². The van der Waals surface area contributed by atoms with Gasteiger partial charge in [-0.05, 0) is 63.8 Å². The second-order valence-electron chi connectivity index (χ2n) is 10.0. The van der Waals surface area contributed by atoms with Crippen molar-refractivity contribution in [2.24, 2.45) is 0 Å². The quantitative estimate of drug-likeness (QED) is 0.382. The van der Waals surface area contributed by atoms with Gasteiger partial charge in [-0.2, -0.15) is 0 Å². The van der Waals surface area contributed by atoms with E-state index in [2.05, 4.69) is 103 Å². The molecule has 0 atom stereocenters. The first-order chi connectivity index (χ1) is 17.1. The molecule has 0 unspecified atom stereocenters. The molecule has 4 nitrogen and oxygen atoms in total. The van der Waals surface area contributed by atoms with Crippen LogP contribution in [0.15, 0.2) is 60.7 Å². The molecule has 0 saturated heterocycles. The molecule has 0 aromatic heterocycles. The first kappa shape index (κ1) is 22.5. The van der Waals surface area contributed by atoms with E-state index >= 15 is 0 Å². The van der Waals surface area contributed by atoms with Gasteiger partial charge in [-0.1, -0.05) is 36.4 Å². The maximum absolute atomic E-state index is 6.81. The molecule has 0 amide bonds. The summed E-state index contributed by atoms with van der Waals surface area (Å²) in [6, 6.07) is 23.6. The molecule has 4 heteroatoms. The van der Waals surface area contributed by atoms with Crippen molar-refractivity contribution in [1.82, 2.24) is 4.90 Å². The number of hydrogen-bond acceptors (Lipinski definition) is 4. The zero-order chi connectivity index (χ0) is 24.2. The van der Waals surface area contributed by atoms with Gasteiger partial charge < -0.3 is 14.5 Å². The molecule has 0 N–H and O–H groups in total. The Balaban J connectivity index is 1.62. The average Bonchev–Trinajstić information content (AvgIpc) is 3.68. The summed E-state index contributed by atoms with van der Waals surface area (Å²) in [5.41, 5.74) is 7.60. The van der Waals surface area contributed by atoms with E-state index in [-0.39, 0.29) is 5.54 Å². The molecule has 0 bridgehead atoms. The summed E-state index contributed by atoms with van der Waals surface area (Å²) in [5, 5.41) is 0. The summed E-state index contributed by atoms with van der Waals surface area (Å²) in [7, 11) is 0. The lowest BCUT2D eigenvalue weighted by Gasteiger charge is -2.45. The van der Waals surface area contributed by atoms with Crippen LogP contribution < -0.4 is 14.5 Å². The fraction of sp³-hybridized carbons (Fsp3) is 0.419. The van der Waals surface area contributed by atoms with E-state index in [1.165, 1.54) is 46.5 Å². The highest BCUT2D eigenvalue weighted by molar-refractivity contribution is 5.70. The van der Waals surface area contributed by atoms with E-state index in [1.54, 1.807) is 0 Å². The molecule has 0 radical (unpaired) electrons. The molecule has 2 heterocycles. The van der Waals surface area contributed by atoms with Crippen molar-refractivity contribution in [2.45, 2.75) is 58.7 Å². The van der Waals surface area contributed by atoms with E-state index in [9.17, 15) is 0 Å². The molecule has 2 aliphatic heterocycles. The molecule has 182 valence electrons. The van der Waals surface area contributed by atoms with Crippen LogP contribution in [0.25, 0.3) is 0 Å². The summed E-state index contributed by atoms with van der Waals surface area (Å²) in [6.07, 6.45) is 2.55. The van der Waals surface area contributed by atoms with E-state index in [0.717, 1.165) is 44.2 Å². The van der Waals surface area contributed by atoms with Gasteiger partial charge in [0.2, 0.25) is 0 Å². The van der Waals surface area contributed by atoms with E-state index < -0.39 is 0 Å². The van der Waals surface area contributed by atoms with Gasteiger partial charge in [-0.15, -0.1) is 0 Å². The Morgan fingerprint density at radius 3 is 1.80 bits per heavy atom. The average molecular weight is 468 g/mol. The lowest BCUT2D eigenvalue weighted by atomic mass is 9.74. The normalized spacial score (nSPS) is 17.5. The van der Waals surface area contributed by atoms with Crippen LogP contribution in [0.3, 0.4) is 0 Å². The van der Waals surface area contributed by atoms with E-state index in [0.29, 0.717) is 6.04 Å². The number of anilines is 2. The third-order valence-electron chi connectivity index (χ3n) is 8.35. The SMILES string of the molecule is CCN(CC)c1ccc2c(c1)Oc1cc(N(CC)CC)ccc1C21c2ccccc2CN1C1CC1. The van der Waals surface area contributed by atoms with Crippen LogP contribution in [-0.4, -0.2) is 37.1 Å². The summed E-state index contributed by atoms with van der Waals surface area (Å²) < 4.78 is 6.81. The van der Waals surface area contributed by atoms with Crippen LogP contribution in [0.1, 0.15) is 62.8 Å². The Labute approximate surface area is 210 Å². The highest BCUT2D eigenvalue weighted by Crippen LogP contribution is 2.60. The Morgan fingerprint density at radius 1 is 0.743 bits per heavy atom. The molecule has 1 spiro atoms. The van der Waals surface area contributed by atoms with Gasteiger partial charge in [0, 0.05) is 73.4 Å². The Hall–Kier alpha value is -2.98. The number of benzene rings is 3. The molecule has 35 heavy (non-hydrogen) atoms. The highest BCUT2D eigenvalue weighted by atomic mass is 16.5. The third-order valence-corrected chi connectivity index (χ3v) is 8.35. The second-order valence-corrected chi connectivity index (χ2v) is 10.0. The first-order valence-corrected chi connectivity index (χ1v) is 13.5. The van der Waals surface area contributed by atoms with E-state index in [4.69, 9.17) is 4.74 Å². The van der Waals surface area contributed by atoms with Crippen molar-refractivity contribution in [1.29, 1.82) is 0 Å². The molecule has 3 aromatic rings. The molecule has 1 fully saturated rings. The number of hydrogen-bond donors (Lipinski definition) is 0. The highest BCUT2D eigenvalue weighted by Gasteiger charge is 2.56. The second kappa shape index (κ2) is 8.60. The van der Waals surface area contributed by atoms with E-state index in [1.807, 2.05) is 0 Å². The molecule has 1 aliphatic carbocycles. The van der Waals surface area contributed by atoms with Crippen LogP contribution in [0.2, 0.25) is 0 Å². The van der Waals surface area contributed by atoms with Crippen molar-refractivity contribution >= 4 is 11.4 Å². The fourth-order valence-electron chi connectivity index (χ4n) is 6.48. The number of nitrogens with zero attached hydrogens (tertiary/aromatic N) is 3. The largest absolute Gasteiger partial charge is 0.456 e. The Morgan fingerprint density at radius 2 is 1.29 bits per heavy atom. The number of fused-ring (bicyclic) bond motifs is 6. The molecular weight excluding hydrogens is 430 g/mol. The minimum Gasteiger partial charge on any atom is -0.456 e. The number of rotatable bonds is 7. The maximum Gasteiger partial charge on any atom is 0.135 e. The minimum atomic E-state index is -0.301. The van der Waals surface area contributed by atoms with Gasteiger partial charge >= 0.3 is 0 Å². The monoisotopic (exact) mass is 467 g/mol. The smallest absolute Gasteiger partial charge is 0.135 e. The van der Waals surface area contributed by atoms with Crippen LogP contribution >= 0.6 is 0 Å². The zero-order valence-corrected chi connectivity index (χ0v) is 21.6. The standard InChI is InChI=1S/C31H37N3O/c1-5-32(6-2)24-15-17-27-29(19-24)35-30-20-25(33(7-3)8-4)16-18-28(30)31(27)26-12-10-9-11-22(26)21-34(31)23-13-14-23/h9-12,15-20,23H,5-8,13-14,21H2,1-4H3. The molecule has 6 rings (SSSR count). The predicted octanol–water partition coefficient (Wildman–Crippen LogP) is 6.75. The molecular formula is C31H37N3O. The Kier molecular flexibility index (Phi) is 5.52. The molecule has 1 saturated carbocycles. The third kappa shape index (κ3) is 3.30. The van der Waals surface area contributed by atoms with Crippen LogP contribution in [0.5, 0.6) is 11.5 Å². The van der Waals surface area contributed by atoms with Crippen LogP contribution in [-0.2, 0) is 12.1 Å². The zero-order valence-electron chi connectivity index (χ0n) is 21.6. The summed E-state index contributed by atoms with van der Waals surface area (Å²) in [6.45, 7) is 13.8. The molecule has 3 aromatic carbocycles. The predicted molar refractivity (Wildman–Crippen MR) is 145 cm³/mol. The number of ether oxygens (including phenoxy) is 1. The minimum absolute atomic E-state index is 0.301. The first-order valence-electron chi connectivity index (χ1n) is 13.5. The lowest BCUT2D eigenvalue weighted by molar-refractivity contribution is 0.152. The summed E-state index contributed by atoms with van der Waals surface area (Å²) in [5.74, 6) is 2.00. The maximum atomic E-state index is 6.81. The van der Waals surface area contributed by atoms with Crippen molar-refractivity contribution in [2.75, 3.05) is 36.0 Å². The van der Waals surface area contributed by atoms with Crippen LogP contribution in [0.4, 0.5) is 11.4 Å². The fourth-order valence-corrected chi connectivity index (χ4v) is 6.48. The van der Waals surface area contributed by atoms with Crippen molar-refractivity contribution in [3.8, 4) is 11.5 Å². The van der Waals surface area contributed by atoms with Gasteiger partial charge in [-0.25, -0.2) is 0 Å². The lowest BCUT2D eigenvalue weighted by Crippen LogP contribution is -2.46. The van der Waals surface area contributed by atoms with Crippen molar-refractivity contribution in [3.05, 3.63) is 82.9 Å². The van der Waals surface area contributed by atoms with Crippen molar-refractivity contribution < 1.29 is 4.74 Å². The van der Waals surface area contributed by atoms with Gasteiger partial charge in [0.1, 0.15) is 17.0 Å². The van der Waals surface area contributed by atoms with Crippen LogP contribution in [0, 0.1) is 0 Å². The van der Waals surface area contributed by atoms with Crippen molar-refractivity contribution in [3.63, 3.8) is 0 Å². The summed E-state index contributed by atoms with van der Waals surface area (Å²) >= 11 is 0. The van der Waals surface area contributed by atoms with Gasteiger partial charge in [0.15, 0.2) is 0 Å². The van der Waals surface area contributed by atoms with Gasteiger partial charge in [0.05, 0.1) is 0 Å². The topological polar surface area (TPSA) is 19.0 Å².